The second-order valence-corrected chi connectivity index (χ2v) is 5.74. The molecule has 7 nitrogen and oxygen atoms in total. The number of pyridine rings is 1. The van der Waals surface area contributed by atoms with Crippen LogP contribution >= 0.6 is 11.6 Å². The van der Waals surface area contributed by atoms with Gasteiger partial charge in [-0.25, -0.2) is 9.67 Å². The number of aryl methyl sites for hydroxylation is 2. The van der Waals surface area contributed by atoms with Gasteiger partial charge in [-0.3, -0.25) is 4.79 Å². The Balaban J connectivity index is 2.03. The van der Waals surface area contributed by atoms with E-state index in [1.807, 2.05) is 19.9 Å². The molecule has 0 aliphatic carbocycles. The van der Waals surface area contributed by atoms with Crippen molar-refractivity contribution >= 4 is 17.5 Å². The number of halogens is 1. The van der Waals surface area contributed by atoms with E-state index in [0.717, 1.165) is 17.9 Å². The molecule has 0 radical (unpaired) electrons. The summed E-state index contributed by atoms with van der Waals surface area (Å²) in [6, 6.07) is 5.35. The lowest BCUT2D eigenvalue weighted by Crippen LogP contribution is -2.33. The van der Waals surface area contributed by atoms with E-state index < -0.39 is 0 Å². The molecule has 2 aromatic rings. The van der Waals surface area contributed by atoms with Crippen LogP contribution in [-0.4, -0.2) is 54.0 Å². The highest BCUT2D eigenvalue weighted by atomic mass is 35.5. The smallest absolute Gasteiger partial charge is 0.271 e. The molecule has 2 heterocycles. The average molecular weight is 352 g/mol. The summed E-state index contributed by atoms with van der Waals surface area (Å²) in [5.41, 5.74) is 2.02. The molecule has 0 saturated carbocycles. The van der Waals surface area contributed by atoms with Gasteiger partial charge >= 0.3 is 0 Å². The maximum Gasteiger partial charge on any atom is 0.271 e. The molecule has 0 aliphatic heterocycles. The second-order valence-electron chi connectivity index (χ2n) is 5.34. The van der Waals surface area contributed by atoms with Gasteiger partial charge in [0.2, 0.25) is 0 Å². The molecule has 2 N–H and O–H groups in total. The summed E-state index contributed by atoms with van der Waals surface area (Å²) < 4.78 is 6.62. The van der Waals surface area contributed by atoms with Crippen LogP contribution in [0, 0.1) is 13.8 Å². The minimum Gasteiger partial charge on any atom is -0.383 e. The molecule has 2 rings (SSSR count). The standard InChI is InChI=1S/C16H22ClN5O2/c1-11-10-12(2)22(21-11)14-5-4-13(17)15(20-14)16(23)19-7-6-18-8-9-24-3/h4-5,10,18H,6-9H2,1-3H3,(H,19,23). The summed E-state index contributed by atoms with van der Waals surface area (Å²) in [5, 5.41) is 10.6. The van der Waals surface area contributed by atoms with Crippen molar-refractivity contribution in [1.29, 1.82) is 0 Å². The minimum absolute atomic E-state index is 0.193. The van der Waals surface area contributed by atoms with E-state index in [1.165, 1.54) is 0 Å². The maximum absolute atomic E-state index is 12.3. The number of nitrogens with one attached hydrogen (secondary N) is 2. The van der Waals surface area contributed by atoms with Crippen LogP contribution in [0.2, 0.25) is 5.02 Å². The number of amides is 1. The number of nitrogens with zero attached hydrogens (tertiary/aromatic N) is 3. The van der Waals surface area contributed by atoms with Gasteiger partial charge in [0.15, 0.2) is 5.82 Å². The molecular weight excluding hydrogens is 330 g/mol. The van der Waals surface area contributed by atoms with Crippen LogP contribution in [0.3, 0.4) is 0 Å². The van der Waals surface area contributed by atoms with Gasteiger partial charge in [-0.05, 0) is 32.0 Å². The largest absolute Gasteiger partial charge is 0.383 e. The molecule has 0 aliphatic rings. The summed E-state index contributed by atoms with van der Waals surface area (Å²) >= 11 is 6.12. The quantitative estimate of drug-likeness (QED) is 0.704. The van der Waals surface area contributed by atoms with Crippen molar-refractivity contribution in [1.82, 2.24) is 25.4 Å². The highest BCUT2D eigenvalue weighted by molar-refractivity contribution is 6.33. The Hall–Kier alpha value is -1.96. The predicted molar refractivity (Wildman–Crippen MR) is 92.9 cm³/mol. The van der Waals surface area contributed by atoms with Crippen molar-refractivity contribution in [3.63, 3.8) is 0 Å². The van der Waals surface area contributed by atoms with Crippen LogP contribution < -0.4 is 10.6 Å². The molecule has 1 amide bonds. The van der Waals surface area contributed by atoms with Gasteiger partial charge < -0.3 is 15.4 Å². The zero-order valence-corrected chi connectivity index (χ0v) is 14.9. The summed E-state index contributed by atoms with van der Waals surface area (Å²) in [6.45, 7) is 6.32. The van der Waals surface area contributed by atoms with Gasteiger partial charge in [0.05, 0.1) is 17.3 Å². The first-order valence-corrected chi connectivity index (χ1v) is 8.08. The highest BCUT2D eigenvalue weighted by Crippen LogP contribution is 2.17. The Morgan fingerprint density at radius 1 is 1.29 bits per heavy atom. The van der Waals surface area contributed by atoms with Gasteiger partial charge in [0.25, 0.3) is 5.91 Å². The number of aromatic nitrogens is 3. The van der Waals surface area contributed by atoms with E-state index in [0.29, 0.717) is 30.5 Å². The minimum atomic E-state index is -0.308. The number of carbonyl (C=O) groups excluding carboxylic acids is 1. The number of methoxy groups -OCH3 is 1. The zero-order valence-electron chi connectivity index (χ0n) is 14.1. The third-order valence-electron chi connectivity index (χ3n) is 3.34. The molecule has 0 spiro atoms. The van der Waals surface area contributed by atoms with Crippen molar-refractivity contribution in [2.75, 3.05) is 33.4 Å². The number of carbonyl (C=O) groups is 1. The van der Waals surface area contributed by atoms with Gasteiger partial charge in [0.1, 0.15) is 5.69 Å². The lowest BCUT2D eigenvalue weighted by Gasteiger charge is -2.09. The van der Waals surface area contributed by atoms with Gasteiger partial charge in [-0.1, -0.05) is 11.6 Å². The molecule has 0 unspecified atom stereocenters. The van der Waals surface area contributed by atoms with Crippen molar-refractivity contribution in [3.05, 3.63) is 40.3 Å². The molecular formula is C16H22ClN5O2. The predicted octanol–water partition coefficient (Wildman–Crippen LogP) is 1.50. The van der Waals surface area contributed by atoms with Crippen LogP contribution in [0.25, 0.3) is 5.82 Å². The summed E-state index contributed by atoms with van der Waals surface area (Å²) in [6.07, 6.45) is 0. The Morgan fingerprint density at radius 2 is 2.08 bits per heavy atom. The first-order chi connectivity index (χ1) is 11.5. The van der Waals surface area contributed by atoms with E-state index in [-0.39, 0.29) is 11.6 Å². The zero-order chi connectivity index (χ0) is 17.5. The maximum atomic E-state index is 12.3. The fourth-order valence-electron chi connectivity index (χ4n) is 2.22. The Labute approximate surface area is 146 Å². The first-order valence-electron chi connectivity index (χ1n) is 7.71. The van der Waals surface area contributed by atoms with Gasteiger partial charge in [-0.15, -0.1) is 0 Å². The molecule has 2 aromatic heterocycles. The average Bonchev–Trinajstić information content (AvgIpc) is 2.89. The summed E-state index contributed by atoms with van der Waals surface area (Å²) in [4.78, 5) is 16.6. The van der Waals surface area contributed by atoms with Crippen molar-refractivity contribution < 1.29 is 9.53 Å². The SMILES string of the molecule is COCCNCCNC(=O)c1nc(-n2nc(C)cc2C)ccc1Cl. The van der Waals surface area contributed by atoms with Crippen LogP contribution in [0.5, 0.6) is 0 Å². The number of hydrogen-bond donors (Lipinski definition) is 2. The van der Waals surface area contributed by atoms with Crippen molar-refractivity contribution in [2.45, 2.75) is 13.8 Å². The Morgan fingerprint density at radius 3 is 2.75 bits per heavy atom. The van der Waals surface area contributed by atoms with E-state index in [1.54, 1.807) is 23.9 Å². The van der Waals surface area contributed by atoms with E-state index in [2.05, 4.69) is 20.7 Å². The molecule has 0 saturated heterocycles. The normalized spacial score (nSPS) is 10.8. The Kier molecular flexibility index (Phi) is 6.72. The van der Waals surface area contributed by atoms with Gasteiger partial charge in [-0.2, -0.15) is 5.10 Å². The van der Waals surface area contributed by atoms with Crippen LogP contribution in [-0.2, 0) is 4.74 Å². The second kappa shape index (κ2) is 8.77. The van der Waals surface area contributed by atoms with Gasteiger partial charge in [0, 0.05) is 32.4 Å². The number of hydrogen-bond acceptors (Lipinski definition) is 5. The monoisotopic (exact) mass is 351 g/mol. The Bertz CT molecular complexity index is 702. The number of rotatable bonds is 8. The molecule has 24 heavy (non-hydrogen) atoms. The molecule has 0 atom stereocenters. The fraction of sp³-hybridized carbons (Fsp3) is 0.438. The third kappa shape index (κ3) is 4.77. The molecule has 0 fully saturated rings. The molecule has 0 aromatic carbocycles. The topological polar surface area (TPSA) is 81.1 Å². The molecule has 130 valence electrons. The highest BCUT2D eigenvalue weighted by Gasteiger charge is 2.14. The van der Waals surface area contributed by atoms with Crippen LogP contribution in [0.15, 0.2) is 18.2 Å². The van der Waals surface area contributed by atoms with E-state index in [4.69, 9.17) is 16.3 Å². The van der Waals surface area contributed by atoms with E-state index >= 15 is 0 Å². The van der Waals surface area contributed by atoms with Crippen molar-refractivity contribution in [2.24, 2.45) is 0 Å². The number of ether oxygens (including phenoxy) is 1. The summed E-state index contributed by atoms with van der Waals surface area (Å²) in [5.74, 6) is 0.255. The van der Waals surface area contributed by atoms with Crippen molar-refractivity contribution in [3.8, 4) is 5.82 Å². The van der Waals surface area contributed by atoms with Crippen LogP contribution in [0.1, 0.15) is 21.9 Å². The fourth-order valence-corrected chi connectivity index (χ4v) is 2.41. The van der Waals surface area contributed by atoms with E-state index in [9.17, 15) is 4.79 Å². The van der Waals surface area contributed by atoms with Crippen LogP contribution in [0.4, 0.5) is 0 Å². The lowest BCUT2D eigenvalue weighted by atomic mass is 10.3. The first kappa shape index (κ1) is 18.4. The molecule has 0 bridgehead atoms. The summed E-state index contributed by atoms with van der Waals surface area (Å²) in [7, 11) is 1.65. The molecule has 8 heteroatoms. The lowest BCUT2D eigenvalue weighted by molar-refractivity contribution is 0.0949. The third-order valence-corrected chi connectivity index (χ3v) is 3.65.